The summed E-state index contributed by atoms with van der Waals surface area (Å²) >= 11 is 0. The molecule has 5 nitrogen and oxygen atoms in total. The number of hydrogen-bond donors (Lipinski definition) is 1. The van der Waals surface area contributed by atoms with Gasteiger partial charge in [-0.15, -0.1) is 5.48 Å². The zero-order chi connectivity index (χ0) is 20.0. The smallest absolute Gasteiger partial charge is 0.440 e. The highest BCUT2D eigenvalue weighted by atomic mass is 16.7. The molecule has 0 aromatic heterocycles. The molecule has 0 fully saturated rings. The van der Waals surface area contributed by atoms with Gasteiger partial charge in [0, 0.05) is 6.42 Å². The quantitative estimate of drug-likeness (QED) is 0.207. The van der Waals surface area contributed by atoms with Crippen molar-refractivity contribution in [2.45, 2.75) is 123 Å². The molecule has 0 spiro atoms. The highest BCUT2D eigenvalue weighted by Crippen LogP contribution is 2.10. The molecule has 0 radical (unpaired) electrons. The molecule has 0 saturated carbocycles. The van der Waals surface area contributed by atoms with Crippen LogP contribution in [0.25, 0.3) is 0 Å². The summed E-state index contributed by atoms with van der Waals surface area (Å²) in [4.78, 5) is 27.7. The van der Waals surface area contributed by atoms with Crippen molar-refractivity contribution in [2.24, 2.45) is 0 Å². The minimum absolute atomic E-state index is 0.341. The van der Waals surface area contributed by atoms with Gasteiger partial charge in [0.2, 0.25) is 0 Å². The van der Waals surface area contributed by atoms with Gasteiger partial charge >= 0.3 is 12.1 Å². The van der Waals surface area contributed by atoms with Crippen molar-refractivity contribution in [1.29, 1.82) is 0 Å². The summed E-state index contributed by atoms with van der Waals surface area (Å²) in [5, 5.41) is 0. The zero-order valence-corrected chi connectivity index (χ0v) is 17.9. The minimum atomic E-state index is -0.679. The Morgan fingerprint density at radius 2 is 1.07 bits per heavy atom. The summed E-state index contributed by atoms with van der Waals surface area (Å²) in [5.41, 5.74) is 2.07. The molecular formula is C22H43NO4. The van der Waals surface area contributed by atoms with Crippen LogP contribution in [0.3, 0.4) is 0 Å². The highest BCUT2D eigenvalue weighted by molar-refractivity contribution is 5.72. The second-order valence-electron chi connectivity index (χ2n) is 7.41. The van der Waals surface area contributed by atoms with E-state index in [4.69, 9.17) is 9.57 Å². The third kappa shape index (κ3) is 20.9. The fraction of sp³-hybridized carbons (Fsp3) is 0.909. The number of carbonyl (C=O) groups is 2. The number of ether oxygens (including phenoxy) is 1. The lowest BCUT2D eigenvalue weighted by molar-refractivity contribution is -0.149. The first-order chi connectivity index (χ1) is 13.2. The van der Waals surface area contributed by atoms with Crippen molar-refractivity contribution in [3.05, 3.63) is 0 Å². The van der Waals surface area contributed by atoms with Crippen molar-refractivity contribution in [1.82, 2.24) is 5.48 Å². The molecule has 0 heterocycles. The van der Waals surface area contributed by atoms with Crippen LogP contribution < -0.4 is 5.48 Å². The van der Waals surface area contributed by atoms with Crippen molar-refractivity contribution >= 4 is 12.1 Å². The van der Waals surface area contributed by atoms with E-state index in [1.807, 2.05) is 0 Å². The Balaban J connectivity index is 3.32. The van der Waals surface area contributed by atoms with Crippen LogP contribution in [0.4, 0.5) is 4.79 Å². The van der Waals surface area contributed by atoms with Gasteiger partial charge < -0.3 is 9.57 Å². The molecule has 0 saturated heterocycles. The molecule has 0 atom stereocenters. The van der Waals surface area contributed by atoms with E-state index in [0.717, 1.165) is 32.1 Å². The third-order valence-corrected chi connectivity index (χ3v) is 4.71. The van der Waals surface area contributed by atoms with Crippen LogP contribution in [0, 0.1) is 0 Å². The van der Waals surface area contributed by atoms with E-state index in [9.17, 15) is 9.59 Å². The van der Waals surface area contributed by atoms with Gasteiger partial charge in [-0.05, 0) is 12.8 Å². The van der Waals surface area contributed by atoms with Gasteiger partial charge in [-0.1, -0.05) is 104 Å². The van der Waals surface area contributed by atoms with E-state index < -0.39 is 12.1 Å². The number of amides is 1. The van der Waals surface area contributed by atoms with Gasteiger partial charge in [0.1, 0.15) is 0 Å². The first-order valence-electron chi connectivity index (χ1n) is 11.3. The predicted octanol–water partition coefficient (Wildman–Crippen LogP) is 6.84. The highest BCUT2D eigenvalue weighted by Gasteiger charge is 2.07. The molecule has 0 aromatic carbocycles. The number of hydroxylamine groups is 1. The van der Waals surface area contributed by atoms with Crippen LogP contribution in [-0.4, -0.2) is 18.7 Å². The van der Waals surface area contributed by atoms with Crippen LogP contribution in [-0.2, 0) is 14.4 Å². The lowest BCUT2D eigenvalue weighted by Gasteiger charge is -2.07. The summed E-state index contributed by atoms with van der Waals surface area (Å²) in [6.07, 6.45) is 18.6. The average Bonchev–Trinajstić information content (AvgIpc) is 2.67. The van der Waals surface area contributed by atoms with Crippen LogP contribution in [0.15, 0.2) is 0 Å². The number of rotatable bonds is 18. The van der Waals surface area contributed by atoms with Gasteiger partial charge in [0.15, 0.2) is 0 Å². The van der Waals surface area contributed by atoms with E-state index in [2.05, 4.69) is 19.3 Å². The Morgan fingerprint density at radius 1 is 0.630 bits per heavy atom. The molecule has 0 bridgehead atoms. The van der Waals surface area contributed by atoms with E-state index in [1.54, 1.807) is 0 Å². The Labute approximate surface area is 166 Å². The lowest BCUT2D eigenvalue weighted by Crippen LogP contribution is -2.28. The number of carbonyl (C=O) groups excluding carboxylic acids is 2. The Kier molecular flexibility index (Phi) is 20.1. The van der Waals surface area contributed by atoms with Crippen LogP contribution in [0.2, 0.25) is 0 Å². The maximum Gasteiger partial charge on any atom is 0.440 e. The van der Waals surface area contributed by atoms with Crippen molar-refractivity contribution in [3.8, 4) is 0 Å². The molecule has 0 rings (SSSR count). The van der Waals surface area contributed by atoms with Crippen LogP contribution >= 0.6 is 0 Å². The predicted molar refractivity (Wildman–Crippen MR) is 110 cm³/mol. The monoisotopic (exact) mass is 385 g/mol. The molecule has 0 unspecified atom stereocenters. The Bertz CT molecular complexity index is 347. The fourth-order valence-corrected chi connectivity index (χ4v) is 2.98. The van der Waals surface area contributed by atoms with Gasteiger partial charge in [-0.3, -0.25) is 0 Å². The summed E-state index contributed by atoms with van der Waals surface area (Å²) in [6.45, 7) is 4.80. The minimum Gasteiger partial charge on any atom is -0.447 e. The van der Waals surface area contributed by atoms with Gasteiger partial charge in [0.25, 0.3) is 0 Å². The standard InChI is InChI=1S/C22H43NO4/c1-3-5-7-9-11-12-13-15-17-19-21(24)27-23-22(25)26-20-18-16-14-10-8-6-4-2/h3-20H2,1-2H3,(H,23,25). The van der Waals surface area contributed by atoms with Crippen LogP contribution in [0.5, 0.6) is 0 Å². The maximum atomic E-state index is 11.6. The summed E-state index contributed by atoms with van der Waals surface area (Å²) in [7, 11) is 0. The van der Waals surface area contributed by atoms with E-state index >= 15 is 0 Å². The summed E-state index contributed by atoms with van der Waals surface area (Å²) in [6, 6.07) is 0. The molecule has 1 N–H and O–H groups in total. The lowest BCUT2D eigenvalue weighted by atomic mass is 10.1. The second-order valence-corrected chi connectivity index (χ2v) is 7.41. The van der Waals surface area contributed by atoms with Crippen molar-refractivity contribution < 1.29 is 19.2 Å². The maximum absolute atomic E-state index is 11.6. The molecule has 0 aliphatic rings. The third-order valence-electron chi connectivity index (χ3n) is 4.71. The summed E-state index contributed by atoms with van der Waals surface area (Å²) in [5.74, 6) is -0.397. The number of nitrogens with one attached hydrogen (secondary N) is 1. The molecule has 0 aromatic rings. The summed E-state index contributed by atoms with van der Waals surface area (Å²) < 4.78 is 4.99. The van der Waals surface area contributed by atoms with E-state index in [1.165, 1.54) is 70.6 Å². The Morgan fingerprint density at radius 3 is 1.59 bits per heavy atom. The number of unbranched alkanes of at least 4 members (excludes halogenated alkanes) is 14. The van der Waals surface area contributed by atoms with Gasteiger partial charge in [-0.2, -0.15) is 0 Å². The largest absolute Gasteiger partial charge is 0.447 e. The van der Waals surface area contributed by atoms with E-state index in [0.29, 0.717) is 13.0 Å². The van der Waals surface area contributed by atoms with Gasteiger partial charge in [0.05, 0.1) is 6.61 Å². The SMILES string of the molecule is CCCCCCCCCCCC(=O)ONC(=O)OCCCCCCCCC. The molecule has 160 valence electrons. The number of hydrogen-bond acceptors (Lipinski definition) is 4. The molecule has 0 aliphatic carbocycles. The average molecular weight is 386 g/mol. The molecular weight excluding hydrogens is 342 g/mol. The van der Waals surface area contributed by atoms with Crippen molar-refractivity contribution in [2.75, 3.05) is 6.61 Å². The normalized spacial score (nSPS) is 10.6. The zero-order valence-electron chi connectivity index (χ0n) is 17.9. The van der Waals surface area contributed by atoms with Crippen molar-refractivity contribution in [3.63, 3.8) is 0 Å². The second kappa shape index (κ2) is 21.0. The topological polar surface area (TPSA) is 64.6 Å². The molecule has 27 heavy (non-hydrogen) atoms. The van der Waals surface area contributed by atoms with Gasteiger partial charge in [-0.25, -0.2) is 9.59 Å². The fourth-order valence-electron chi connectivity index (χ4n) is 2.98. The Hall–Kier alpha value is -1.26. The first kappa shape index (κ1) is 25.7. The van der Waals surface area contributed by atoms with E-state index in [-0.39, 0.29) is 0 Å². The van der Waals surface area contributed by atoms with Crippen LogP contribution in [0.1, 0.15) is 123 Å². The molecule has 0 aliphatic heterocycles. The first-order valence-corrected chi connectivity index (χ1v) is 11.3. The molecule has 1 amide bonds. The molecule has 5 heteroatoms.